The second-order valence-corrected chi connectivity index (χ2v) is 5.32. The number of halogens is 3. The highest BCUT2D eigenvalue weighted by molar-refractivity contribution is 5.95. The zero-order chi connectivity index (χ0) is 14.8. The molecule has 0 aliphatic carbocycles. The molecule has 1 heterocycles. The Labute approximate surface area is 115 Å². The predicted octanol–water partition coefficient (Wildman–Crippen LogP) is 2.58. The summed E-state index contributed by atoms with van der Waals surface area (Å²) in [5, 5.41) is 5.84. The van der Waals surface area contributed by atoms with Crippen molar-refractivity contribution in [3.8, 4) is 0 Å². The maximum atomic E-state index is 12.8. The minimum atomic E-state index is -4.52. The van der Waals surface area contributed by atoms with Crippen LogP contribution in [0.5, 0.6) is 0 Å². The molecule has 1 aliphatic heterocycles. The normalized spacial score (nSPS) is 22.8. The van der Waals surface area contributed by atoms with Crippen molar-refractivity contribution in [2.75, 3.05) is 13.1 Å². The van der Waals surface area contributed by atoms with Crippen LogP contribution in [0.2, 0.25) is 0 Å². The molecule has 0 bridgehead atoms. The third-order valence-electron chi connectivity index (χ3n) is 3.57. The van der Waals surface area contributed by atoms with Crippen LogP contribution < -0.4 is 10.6 Å². The topological polar surface area (TPSA) is 41.1 Å². The Morgan fingerprint density at radius 1 is 1.40 bits per heavy atom. The third kappa shape index (κ3) is 3.30. The first-order valence-electron chi connectivity index (χ1n) is 6.51. The van der Waals surface area contributed by atoms with Crippen molar-refractivity contribution >= 4 is 5.91 Å². The van der Waals surface area contributed by atoms with Gasteiger partial charge < -0.3 is 10.6 Å². The second kappa shape index (κ2) is 5.44. The fourth-order valence-corrected chi connectivity index (χ4v) is 2.41. The zero-order valence-corrected chi connectivity index (χ0v) is 11.2. The fourth-order valence-electron chi connectivity index (χ4n) is 2.41. The molecule has 0 radical (unpaired) electrons. The van der Waals surface area contributed by atoms with Crippen molar-refractivity contribution in [1.29, 1.82) is 0 Å². The summed E-state index contributed by atoms with van der Waals surface area (Å²) in [6.07, 6.45) is -2.62. The van der Waals surface area contributed by atoms with E-state index < -0.39 is 17.6 Å². The van der Waals surface area contributed by atoms with Gasteiger partial charge in [0.1, 0.15) is 0 Å². The minimum Gasteiger partial charge on any atom is -0.350 e. The van der Waals surface area contributed by atoms with Gasteiger partial charge >= 0.3 is 6.18 Å². The SMILES string of the molecule is CC1(CNC(=O)c2ccccc2C(F)(F)F)CCCN1. The van der Waals surface area contributed by atoms with Crippen LogP contribution in [-0.4, -0.2) is 24.5 Å². The first kappa shape index (κ1) is 14.8. The van der Waals surface area contributed by atoms with Gasteiger partial charge in [0.15, 0.2) is 0 Å². The van der Waals surface area contributed by atoms with E-state index in [0.29, 0.717) is 6.54 Å². The van der Waals surface area contributed by atoms with E-state index in [1.807, 2.05) is 6.92 Å². The van der Waals surface area contributed by atoms with Gasteiger partial charge in [-0.25, -0.2) is 0 Å². The fraction of sp³-hybridized carbons (Fsp3) is 0.500. The van der Waals surface area contributed by atoms with Crippen LogP contribution >= 0.6 is 0 Å². The van der Waals surface area contributed by atoms with Crippen LogP contribution in [0.3, 0.4) is 0 Å². The minimum absolute atomic E-state index is 0.233. The van der Waals surface area contributed by atoms with Gasteiger partial charge in [-0.1, -0.05) is 12.1 Å². The molecule has 1 aromatic carbocycles. The summed E-state index contributed by atoms with van der Waals surface area (Å²) >= 11 is 0. The molecule has 2 N–H and O–H groups in total. The number of rotatable bonds is 3. The number of benzene rings is 1. The van der Waals surface area contributed by atoms with Gasteiger partial charge in [-0.3, -0.25) is 4.79 Å². The molecule has 0 spiro atoms. The number of hydrogen-bond donors (Lipinski definition) is 2. The van der Waals surface area contributed by atoms with Crippen molar-refractivity contribution < 1.29 is 18.0 Å². The number of carbonyl (C=O) groups is 1. The maximum absolute atomic E-state index is 12.8. The third-order valence-corrected chi connectivity index (χ3v) is 3.57. The number of amides is 1. The van der Waals surface area contributed by atoms with Gasteiger partial charge in [0.25, 0.3) is 5.91 Å². The van der Waals surface area contributed by atoms with E-state index in [-0.39, 0.29) is 11.1 Å². The van der Waals surface area contributed by atoms with Gasteiger partial charge in [0.05, 0.1) is 11.1 Å². The number of hydrogen-bond acceptors (Lipinski definition) is 2. The maximum Gasteiger partial charge on any atom is 0.417 e. The molecule has 20 heavy (non-hydrogen) atoms. The Morgan fingerprint density at radius 3 is 2.70 bits per heavy atom. The van der Waals surface area contributed by atoms with Crippen LogP contribution in [0.25, 0.3) is 0 Å². The number of alkyl halides is 3. The smallest absolute Gasteiger partial charge is 0.350 e. The van der Waals surface area contributed by atoms with Crippen LogP contribution in [-0.2, 0) is 6.18 Å². The van der Waals surface area contributed by atoms with Crippen LogP contribution in [0.15, 0.2) is 24.3 Å². The molecule has 1 aromatic rings. The van der Waals surface area contributed by atoms with E-state index in [4.69, 9.17) is 0 Å². The Bertz CT molecular complexity index is 493. The second-order valence-electron chi connectivity index (χ2n) is 5.32. The standard InChI is InChI=1S/C14H17F3N2O/c1-13(7-4-8-19-13)9-18-12(20)10-5-2-3-6-11(10)14(15,16)17/h2-3,5-6,19H,4,7-9H2,1H3,(H,18,20). The van der Waals surface area contributed by atoms with Crippen molar-refractivity contribution in [3.05, 3.63) is 35.4 Å². The lowest BCUT2D eigenvalue weighted by Gasteiger charge is -2.25. The Kier molecular flexibility index (Phi) is 4.04. The Balaban J connectivity index is 2.10. The van der Waals surface area contributed by atoms with Crippen molar-refractivity contribution in [3.63, 3.8) is 0 Å². The molecule has 3 nitrogen and oxygen atoms in total. The monoisotopic (exact) mass is 286 g/mol. The number of carbonyl (C=O) groups excluding carboxylic acids is 1. The van der Waals surface area contributed by atoms with Crippen LogP contribution in [0.1, 0.15) is 35.7 Å². The van der Waals surface area contributed by atoms with Gasteiger partial charge in [-0.05, 0) is 38.4 Å². The van der Waals surface area contributed by atoms with Crippen molar-refractivity contribution in [1.82, 2.24) is 10.6 Å². The average Bonchev–Trinajstić information content (AvgIpc) is 2.82. The van der Waals surface area contributed by atoms with Crippen molar-refractivity contribution in [2.24, 2.45) is 0 Å². The van der Waals surface area contributed by atoms with Crippen LogP contribution in [0, 0.1) is 0 Å². The summed E-state index contributed by atoms with van der Waals surface area (Å²) in [5.74, 6) is -0.687. The number of nitrogens with one attached hydrogen (secondary N) is 2. The van der Waals surface area contributed by atoms with E-state index >= 15 is 0 Å². The van der Waals surface area contributed by atoms with E-state index in [9.17, 15) is 18.0 Å². The quantitative estimate of drug-likeness (QED) is 0.896. The average molecular weight is 286 g/mol. The molecular weight excluding hydrogens is 269 g/mol. The molecule has 1 fully saturated rings. The lowest BCUT2D eigenvalue weighted by Crippen LogP contribution is -2.47. The Morgan fingerprint density at radius 2 is 2.10 bits per heavy atom. The lowest BCUT2D eigenvalue weighted by molar-refractivity contribution is -0.137. The highest BCUT2D eigenvalue weighted by Gasteiger charge is 2.35. The summed E-state index contributed by atoms with van der Waals surface area (Å²) < 4.78 is 38.5. The van der Waals surface area contributed by atoms with Crippen LogP contribution in [0.4, 0.5) is 13.2 Å². The highest BCUT2D eigenvalue weighted by Crippen LogP contribution is 2.31. The van der Waals surface area contributed by atoms with Gasteiger partial charge in [0, 0.05) is 12.1 Å². The Hall–Kier alpha value is -1.56. The molecule has 1 amide bonds. The summed E-state index contributed by atoms with van der Waals surface area (Å²) in [6, 6.07) is 4.83. The molecule has 6 heteroatoms. The molecule has 110 valence electrons. The zero-order valence-electron chi connectivity index (χ0n) is 11.2. The molecule has 0 saturated carbocycles. The van der Waals surface area contributed by atoms with E-state index in [0.717, 1.165) is 25.5 Å². The van der Waals surface area contributed by atoms with Gasteiger partial charge in [0.2, 0.25) is 0 Å². The molecule has 1 aliphatic rings. The highest BCUT2D eigenvalue weighted by atomic mass is 19.4. The summed E-state index contributed by atoms with van der Waals surface area (Å²) in [6.45, 7) is 3.14. The molecule has 1 atom stereocenters. The first-order valence-corrected chi connectivity index (χ1v) is 6.51. The lowest BCUT2D eigenvalue weighted by atomic mass is 10.00. The van der Waals surface area contributed by atoms with E-state index in [1.54, 1.807) is 0 Å². The molecule has 0 aromatic heterocycles. The van der Waals surface area contributed by atoms with E-state index in [1.165, 1.54) is 18.2 Å². The summed E-state index contributed by atoms with van der Waals surface area (Å²) in [7, 11) is 0. The predicted molar refractivity (Wildman–Crippen MR) is 69.4 cm³/mol. The van der Waals surface area contributed by atoms with Gasteiger partial charge in [-0.15, -0.1) is 0 Å². The first-order chi connectivity index (χ1) is 9.32. The molecule has 1 saturated heterocycles. The largest absolute Gasteiger partial charge is 0.417 e. The van der Waals surface area contributed by atoms with E-state index in [2.05, 4.69) is 10.6 Å². The molecular formula is C14H17F3N2O. The summed E-state index contributed by atoms with van der Waals surface area (Å²) in [5.41, 5.74) is -1.47. The van der Waals surface area contributed by atoms with Gasteiger partial charge in [-0.2, -0.15) is 13.2 Å². The summed E-state index contributed by atoms with van der Waals surface area (Å²) in [4.78, 5) is 12.0. The molecule has 1 unspecified atom stereocenters. The van der Waals surface area contributed by atoms with Crippen molar-refractivity contribution in [2.45, 2.75) is 31.5 Å². The molecule has 2 rings (SSSR count).